The van der Waals surface area contributed by atoms with E-state index in [4.69, 9.17) is 11.0 Å². The molecule has 2 atom stereocenters. The Morgan fingerprint density at radius 3 is 2.85 bits per heavy atom. The van der Waals surface area contributed by atoms with E-state index < -0.39 is 0 Å². The summed E-state index contributed by atoms with van der Waals surface area (Å²) in [4.78, 5) is 0. The van der Waals surface area contributed by atoms with Gasteiger partial charge < -0.3 is 5.73 Å². The Labute approximate surface area is 78.0 Å². The molecule has 0 amide bonds. The van der Waals surface area contributed by atoms with Crippen LogP contribution in [-0.4, -0.2) is 6.54 Å². The van der Waals surface area contributed by atoms with Gasteiger partial charge in [0, 0.05) is 0 Å². The molecule has 66 valence electrons. The summed E-state index contributed by atoms with van der Waals surface area (Å²) in [5, 5.41) is 8.87. The predicted octanol–water partition coefficient (Wildman–Crippen LogP) is 1.62. The van der Waals surface area contributed by atoms with Gasteiger partial charge in [0.2, 0.25) is 0 Å². The van der Waals surface area contributed by atoms with Gasteiger partial charge in [-0.25, -0.2) is 0 Å². The van der Waals surface area contributed by atoms with Crippen LogP contribution in [0.25, 0.3) is 0 Å². The van der Waals surface area contributed by atoms with Gasteiger partial charge in [0.25, 0.3) is 0 Å². The first-order valence-electron chi connectivity index (χ1n) is 4.56. The average Bonchev–Trinajstić information content (AvgIpc) is 2.96. The zero-order valence-corrected chi connectivity index (χ0v) is 7.40. The Morgan fingerprint density at radius 2 is 2.23 bits per heavy atom. The summed E-state index contributed by atoms with van der Waals surface area (Å²) >= 11 is 0. The molecule has 13 heavy (non-hydrogen) atoms. The summed E-state index contributed by atoms with van der Waals surface area (Å²) < 4.78 is 0. The fourth-order valence-electron chi connectivity index (χ4n) is 1.81. The van der Waals surface area contributed by atoms with E-state index in [0.29, 0.717) is 11.8 Å². The zero-order valence-electron chi connectivity index (χ0n) is 7.40. The van der Waals surface area contributed by atoms with E-state index in [1.807, 2.05) is 24.3 Å². The lowest BCUT2D eigenvalue weighted by atomic mass is 10.0. The molecule has 2 N–H and O–H groups in total. The Morgan fingerprint density at radius 1 is 1.46 bits per heavy atom. The lowest BCUT2D eigenvalue weighted by Gasteiger charge is -2.00. The van der Waals surface area contributed by atoms with Gasteiger partial charge in [0.15, 0.2) is 0 Å². The molecule has 0 saturated heterocycles. The maximum absolute atomic E-state index is 8.87. The molecular formula is C11H12N2. The van der Waals surface area contributed by atoms with Crippen LogP contribution in [0.2, 0.25) is 0 Å². The van der Waals surface area contributed by atoms with Crippen LogP contribution in [0.4, 0.5) is 0 Å². The van der Waals surface area contributed by atoms with Gasteiger partial charge in [0.1, 0.15) is 0 Å². The van der Waals surface area contributed by atoms with Crippen molar-refractivity contribution in [3.63, 3.8) is 0 Å². The Balaban J connectivity index is 2.27. The number of nitriles is 1. The Bertz CT molecular complexity index is 351. The molecule has 0 radical (unpaired) electrons. The summed E-state index contributed by atoms with van der Waals surface area (Å²) in [6.45, 7) is 0.741. The van der Waals surface area contributed by atoms with Crippen LogP contribution in [0, 0.1) is 17.2 Å². The van der Waals surface area contributed by atoms with Gasteiger partial charge in [-0.3, -0.25) is 0 Å². The van der Waals surface area contributed by atoms with Gasteiger partial charge in [0.05, 0.1) is 11.6 Å². The SMILES string of the molecule is N#Cc1ccccc1C1CC1CN. The second kappa shape index (κ2) is 3.20. The maximum Gasteiger partial charge on any atom is 0.0994 e. The number of nitrogens with two attached hydrogens (primary N) is 1. The molecule has 0 spiro atoms. The maximum atomic E-state index is 8.87. The van der Waals surface area contributed by atoms with Crippen LogP contribution < -0.4 is 5.73 Å². The molecule has 1 aromatic rings. The number of rotatable bonds is 2. The molecule has 1 fully saturated rings. The number of benzene rings is 1. The molecule has 1 saturated carbocycles. The lowest BCUT2D eigenvalue weighted by Crippen LogP contribution is -2.02. The number of nitrogens with zero attached hydrogens (tertiary/aromatic N) is 1. The van der Waals surface area contributed by atoms with Crippen molar-refractivity contribution >= 4 is 0 Å². The minimum atomic E-state index is 0.542. The van der Waals surface area contributed by atoms with Crippen molar-refractivity contribution in [1.29, 1.82) is 5.26 Å². The van der Waals surface area contributed by atoms with Crippen LogP contribution in [0.5, 0.6) is 0 Å². The van der Waals surface area contributed by atoms with Crippen LogP contribution >= 0.6 is 0 Å². The highest BCUT2D eigenvalue weighted by molar-refractivity contribution is 5.42. The normalized spacial score (nSPS) is 25.2. The second-order valence-electron chi connectivity index (χ2n) is 3.54. The van der Waals surface area contributed by atoms with Gasteiger partial charge in [-0.1, -0.05) is 18.2 Å². The van der Waals surface area contributed by atoms with Gasteiger partial charge in [-0.2, -0.15) is 5.26 Å². The van der Waals surface area contributed by atoms with Crippen molar-refractivity contribution in [1.82, 2.24) is 0 Å². The van der Waals surface area contributed by atoms with E-state index in [2.05, 4.69) is 6.07 Å². The molecule has 2 unspecified atom stereocenters. The third-order valence-electron chi connectivity index (χ3n) is 2.71. The quantitative estimate of drug-likeness (QED) is 0.737. The standard InChI is InChI=1S/C11H12N2/c12-6-8-3-1-2-4-10(8)11-5-9(11)7-13/h1-4,9,11H,5,7,13H2. The third-order valence-corrected chi connectivity index (χ3v) is 2.71. The molecular weight excluding hydrogens is 160 g/mol. The molecule has 2 nitrogen and oxygen atoms in total. The molecule has 2 heteroatoms. The molecule has 0 aromatic heterocycles. The van der Waals surface area contributed by atoms with Gasteiger partial charge >= 0.3 is 0 Å². The van der Waals surface area contributed by atoms with Gasteiger partial charge in [-0.15, -0.1) is 0 Å². The molecule has 1 aliphatic rings. The molecule has 0 bridgehead atoms. The van der Waals surface area contributed by atoms with Crippen molar-refractivity contribution < 1.29 is 0 Å². The van der Waals surface area contributed by atoms with Crippen LogP contribution in [0.15, 0.2) is 24.3 Å². The van der Waals surface area contributed by atoms with E-state index >= 15 is 0 Å². The fraction of sp³-hybridized carbons (Fsp3) is 0.364. The van der Waals surface area contributed by atoms with Crippen molar-refractivity contribution in [3.8, 4) is 6.07 Å². The van der Waals surface area contributed by atoms with E-state index in [0.717, 1.165) is 18.5 Å². The lowest BCUT2D eigenvalue weighted by molar-refractivity contribution is 0.809. The first kappa shape index (κ1) is 8.28. The summed E-state index contributed by atoms with van der Waals surface area (Å²) in [6.07, 6.45) is 1.15. The minimum Gasteiger partial charge on any atom is -0.330 e. The predicted molar refractivity (Wildman–Crippen MR) is 51.1 cm³/mol. The summed E-state index contributed by atoms with van der Waals surface area (Å²) in [5.74, 6) is 1.15. The topological polar surface area (TPSA) is 49.8 Å². The molecule has 1 aliphatic carbocycles. The largest absolute Gasteiger partial charge is 0.330 e. The Kier molecular flexibility index (Phi) is 2.03. The van der Waals surface area contributed by atoms with E-state index in [-0.39, 0.29) is 0 Å². The van der Waals surface area contributed by atoms with Crippen molar-refractivity contribution in [2.75, 3.05) is 6.54 Å². The Hall–Kier alpha value is -1.33. The fourth-order valence-corrected chi connectivity index (χ4v) is 1.81. The van der Waals surface area contributed by atoms with Crippen molar-refractivity contribution in [2.24, 2.45) is 11.7 Å². The average molecular weight is 172 g/mol. The molecule has 0 aliphatic heterocycles. The van der Waals surface area contributed by atoms with Crippen LogP contribution in [-0.2, 0) is 0 Å². The number of hydrogen-bond donors (Lipinski definition) is 1. The summed E-state index contributed by atoms with van der Waals surface area (Å²) in [5.41, 5.74) is 7.56. The van der Waals surface area contributed by atoms with E-state index in [1.54, 1.807) is 0 Å². The molecule has 0 heterocycles. The minimum absolute atomic E-state index is 0.542. The zero-order chi connectivity index (χ0) is 9.26. The first-order valence-corrected chi connectivity index (χ1v) is 4.56. The van der Waals surface area contributed by atoms with Crippen molar-refractivity contribution in [2.45, 2.75) is 12.3 Å². The van der Waals surface area contributed by atoms with Crippen LogP contribution in [0.3, 0.4) is 0 Å². The second-order valence-corrected chi connectivity index (χ2v) is 3.54. The summed E-state index contributed by atoms with van der Waals surface area (Å²) in [7, 11) is 0. The van der Waals surface area contributed by atoms with E-state index in [9.17, 15) is 0 Å². The molecule has 1 aromatic carbocycles. The van der Waals surface area contributed by atoms with Crippen LogP contribution in [0.1, 0.15) is 23.5 Å². The number of hydrogen-bond acceptors (Lipinski definition) is 2. The van der Waals surface area contributed by atoms with Gasteiger partial charge in [-0.05, 0) is 36.4 Å². The first-order chi connectivity index (χ1) is 6.36. The van der Waals surface area contributed by atoms with Crippen molar-refractivity contribution in [3.05, 3.63) is 35.4 Å². The van der Waals surface area contributed by atoms with E-state index in [1.165, 1.54) is 5.56 Å². The highest BCUT2D eigenvalue weighted by atomic mass is 14.6. The molecule has 2 rings (SSSR count). The third kappa shape index (κ3) is 1.43. The summed E-state index contributed by atoms with van der Waals surface area (Å²) in [6, 6.07) is 10.0. The highest BCUT2D eigenvalue weighted by Gasteiger charge is 2.37. The monoisotopic (exact) mass is 172 g/mol. The smallest absolute Gasteiger partial charge is 0.0994 e. The highest BCUT2D eigenvalue weighted by Crippen LogP contribution is 2.47.